The molecule has 2 heterocycles. The molecule has 19 heavy (non-hydrogen) atoms. The second kappa shape index (κ2) is 5.51. The minimum Gasteiger partial charge on any atom is -0.348 e. The van der Waals surface area contributed by atoms with Crippen LogP contribution in [0.5, 0.6) is 0 Å². The number of rotatable bonds is 2. The van der Waals surface area contributed by atoms with Crippen molar-refractivity contribution in [1.82, 2.24) is 10.6 Å². The van der Waals surface area contributed by atoms with Crippen LogP contribution in [0.3, 0.4) is 0 Å². The topological polar surface area (TPSA) is 41.1 Å². The zero-order chi connectivity index (χ0) is 13.2. The molecule has 0 spiro atoms. The molecule has 1 amide bonds. The molecule has 0 saturated carbocycles. The molecule has 1 saturated heterocycles. The van der Waals surface area contributed by atoms with Gasteiger partial charge < -0.3 is 10.6 Å². The van der Waals surface area contributed by atoms with E-state index in [-0.39, 0.29) is 23.8 Å². The predicted octanol–water partition coefficient (Wildman–Crippen LogP) is 2.23. The molecule has 2 N–H and O–H groups in total. The highest BCUT2D eigenvalue weighted by Crippen LogP contribution is 2.36. The van der Waals surface area contributed by atoms with E-state index in [9.17, 15) is 9.18 Å². The highest BCUT2D eigenvalue weighted by molar-refractivity contribution is 7.99. The number of benzene rings is 1. The molecule has 102 valence electrons. The van der Waals surface area contributed by atoms with Crippen LogP contribution < -0.4 is 10.6 Å². The van der Waals surface area contributed by atoms with E-state index in [1.165, 1.54) is 6.07 Å². The van der Waals surface area contributed by atoms with E-state index in [4.69, 9.17) is 0 Å². The van der Waals surface area contributed by atoms with E-state index >= 15 is 0 Å². The summed E-state index contributed by atoms with van der Waals surface area (Å²) < 4.78 is 13.4. The maximum atomic E-state index is 13.4. The summed E-state index contributed by atoms with van der Waals surface area (Å²) in [5.41, 5.74) is 0.919. The second-order valence-electron chi connectivity index (χ2n) is 5.03. The standard InChI is InChI=1S/C14H17FN2OS/c15-9-3-4-13-10(8-9)11(5-7-19-13)17-14(18)12-2-1-6-16-12/h3-4,8,11-12,16H,1-2,5-7H2,(H,17,18)/t11?,12-/m1/s1. The van der Waals surface area contributed by atoms with Gasteiger partial charge in [-0.15, -0.1) is 11.8 Å². The van der Waals surface area contributed by atoms with Gasteiger partial charge in [0.15, 0.2) is 0 Å². The smallest absolute Gasteiger partial charge is 0.237 e. The average molecular weight is 280 g/mol. The first-order valence-corrected chi connectivity index (χ1v) is 7.68. The maximum Gasteiger partial charge on any atom is 0.237 e. The molecular formula is C14H17FN2OS. The molecule has 0 bridgehead atoms. The summed E-state index contributed by atoms with van der Waals surface area (Å²) in [4.78, 5) is 13.2. The van der Waals surface area contributed by atoms with Crippen molar-refractivity contribution in [2.24, 2.45) is 0 Å². The Labute approximate surface area is 116 Å². The molecule has 1 fully saturated rings. The molecule has 0 aromatic heterocycles. The molecule has 2 aliphatic rings. The summed E-state index contributed by atoms with van der Waals surface area (Å²) >= 11 is 1.73. The quantitative estimate of drug-likeness (QED) is 0.873. The molecule has 3 rings (SSSR count). The summed E-state index contributed by atoms with van der Waals surface area (Å²) in [5, 5.41) is 6.25. The van der Waals surface area contributed by atoms with Gasteiger partial charge in [0, 0.05) is 10.6 Å². The molecule has 3 nitrogen and oxygen atoms in total. The lowest BCUT2D eigenvalue weighted by Gasteiger charge is -2.27. The number of hydrogen-bond acceptors (Lipinski definition) is 3. The number of fused-ring (bicyclic) bond motifs is 1. The van der Waals surface area contributed by atoms with Crippen molar-refractivity contribution in [3.05, 3.63) is 29.6 Å². The summed E-state index contributed by atoms with van der Waals surface area (Å²) in [6, 6.07) is 4.71. The fraction of sp³-hybridized carbons (Fsp3) is 0.500. The van der Waals surface area contributed by atoms with Gasteiger partial charge in [-0.2, -0.15) is 0 Å². The van der Waals surface area contributed by atoms with Gasteiger partial charge in [0.25, 0.3) is 0 Å². The fourth-order valence-electron chi connectivity index (χ4n) is 2.70. The molecule has 2 atom stereocenters. The molecule has 0 aliphatic carbocycles. The van der Waals surface area contributed by atoms with E-state index in [2.05, 4.69) is 10.6 Å². The van der Waals surface area contributed by atoms with Crippen molar-refractivity contribution in [1.29, 1.82) is 0 Å². The van der Waals surface area contributed by atoms with Crippen LogP contribution in [0.15, 0.2) is 23.1 Å². The van der Waals surface area contributed by atoms with Gasteiger partial charge in [0.1, 0.15) is 5.82 Å². The minimum absolute atomic E-state index is 0.0459. The lowest BCUT2D eigenvalue weighted by molar-refractivity contribution is -0.123. The van der Waals surface area contributed by atoms with E-state index < -0.39 is 0 Å². The number of nitrogens with one attached hydrogen (secondary N) is 2. The first-order valence-electron chi connectivity index (χ1n) is 6.70. The molecule has 0 radical (unpaired) electrons. The minimum atomic E-state index is -0.237. The lowest BCUT2D eigenvalue weighted by atomic mass is 10.0. The van der Waals surface area contributed by atoms with E-state index in [1.54, 1.807) is 17.8 Å². The van der Waals surface area contributed by atoms with Crippen molar-refractivity contribution in [2.45, 2.75) is 36.2 Å². The Balaban J connectivity index is 1.75. The summed E-state index contributed by atoms with van der Waals surface area (Å²) in [6.07, 6.45) is 2.80. The Morgan fingerprint density at radius 3 is 3.11 bits per heavy atom. The molecule has 1 unspecified atom stereocenters. The second-order valence-corrected chi connectivity index (χ2v) is 6.17. The molecule has 2 aliphatic heterocycles. The number of carbonyl (C=O) groups excluding carboxylic acids is 1. The van der Waals surface area contributed by atoms with E-state index in [0.717, 1.165) is 42.0 Å². The number of carbonyl (C=O) groups is 1. The summed E-state index contributed by atoms with van der Waals surface area (Å²) in [6.45, 7) is 0.907. The third-order valence-corrected chi connectivity index (χ3v) is 4.83. The van der Waals surface area contributed by atoms with E-state index in [0.29, 0.717) is 0 Å². The zero-order valence-electron chi connectivity index (χ0n) is 10.6. The molecular weight excluding hydrogens is 263 g/mol. The normalized spacial score (nSPS) is 25.9. The Bertz CT molecular complexity index is 488. The van der Waals surface area contributed by atoms with Crippen LogP contribution in [0.1, 0.15) is 30.9 Å². The first-order chi connectivity index (χ1) is 9.24. The number of amides is 1. The highest BCUT2D eigenvalue weighted by Gasteiger charge is 2.27. The van der Waals surface area contributed by atoms with Crippen LogP contribution in [0.4, 0.5) is 4.39 Å². The van der Waals surface area contributed by atoms with Gasteiger partial charge in [-0.1, -0.05) is 0 Å². The fourth-order valence-corrected chi connectivity index (χ4v) is 3.80. The van der Waals surface area contributed by atoms with Crippen LogP contribution in [0.2, 0.25) is 0 Å². The van der Waals surface area contributed by atoms with Crippen LogP contribution in [0.25, 0.3) is 0 Å². The van der Waals surface area contributed by atoms with Crippen molar-refractivity contribution >= 4 is 17.7 Å². The van der Waals surface area contributed by atoms with Gasteiger partial charge in [0.2, 0.25) is 5.91 Å². The van der Waals surface area contributed by atoms with Gasteiger partial charge in [-0.25, -0.2) is 4.39 Å². The van der Waals surface area contributed by atoms with Crippen molar-refractivity contribution in [2.75, 3.05) is 12.3 Å². The molecule has 1 aromatic rings. The predicted molar refractivity (Wildman–Crippen MR) is 73.6 cm³/mol. The SMILES string of the molecule is O=C(NC1CCSc2ccc(F)cc21)[C@H]1CCCN1. The Morgan fingerprint density at radius 1 is 1.42 bits per heavy atom. The van der Waals surface area contributed by atoms with Gasteiger partial charge >= 0.3 is 0 Å². The summed E-state index contributed by atoms with van der Waals surface area (Å²) in [7, 11) is 0. The maximum absolute atomic E-state index is 13.4. The zero-order valence-corrected chi connectivity index (χ0v) is 11.4. The number of thioether (sulfide) groups is 1. The van der Waals surface area contributed by atoms with Crippen LogP contribution in [0, 0.1) is 5.82 Å². The Morgan fingerprint density at radius 2 is 2.32 bits per heavy atom. The number of halogens is 1. The largest absolute Gasteiger partial charge is 0.348 e. The monoisotopic (exact) mass is 280 g/mol. The van der Waals surface area contributed by atoms with Crippen molar-refractivity contribution in [3.8, 4) is 0 Å². The van der Waals surface area contributed by atoms with Crippen molar-refractivity contribution < 1.29 is 9.18 Å². The molecule has 5 heteroatoms. The average Bonchev–Trinajstić information content (AvgIpc) is 2.93. The van der Waals surface area contributed by atoms with E-state index in [1.807, 2.05) is 6.07 Å². The first kappa shape index (κ1) is 12.9. The van der Waals surface area contributed by atoms with Gasteiger partial charge in [-0.3, -0.25) is 4.79 Å². The Hall–Kier alpha value is -1.07. The molecule has 1 aromatic carbocycles. The lowest BCUT2D eigenvalue weighted by Crippen LogP contribution is -2.42. The van der Waals surface area contributed by atoms with Gasteiger partial charge in [0.05, 0.1) is 12.1 Å². The van der Waals surface area contributed by atoms with Crippen LogP contribution in [-0.4, -0.2) is 24.2 Å². The van der Waals surface area contributed by atoms with Crippen LogP contribution in [-0.2, 0) is 4.79 Å². The van der Waals surface area contributed by atoms with Crippen LogP contribution >= 0.6 is 11.8 Å². The van der Waals surface area contributed by atoms with Crippen molar-refractivity contribution in [3.63, 3.8) is 0 Å². The highest BCUT2D eigenvalue weighted by atomic mass is 32.2. The summed E-state index contributed by atoms with van der Waals surface area (Å²) in [5.74, 6) is 0.769. The third-order valence-electron chi connectivity index (χ3n) is 3.70. The van der Waals surface area contributed by atoms with Gasteiger partial charge in [-0.05, 0) is 49.6 Å². The number of hydrogen-bond donors (Lipinski definition) is 2. The Kier molecular flexibility index (Phi) is 3.75. The third kappa shape index (κ3) is 2.77.